The molecule has 3 aromatic rings. The maximum atomic E-state index is 13.4. The molecule has 0 aliphatic rings. The molecular formula is C23H27FN4O3S. The summed E-state index contributed by atoms with van der Waals surface area (Å²) in [6.07, 6.45) is 0. The molecule has 9 heteroatoms. The van der Waals surface area contributed by atoms with Crippen molar-refractivity contribution in [2.45, 2.75) is 39.1 Å². The molecule has 1 heterocycles. The third kappa shape index (κ3) is 5.73. The molecule has 0 radical (unpaired) electrons. The number of aryl methyl sites for hydroxylation is 3. The Kier molecular flexibility index (Phi) is 6.98. The quantitative estimate of drug-likeness (QED) is 0.537. The van der Waals surface area contributed by atoms with Crippen LogP contribution in [0.5, 0.6) is 0 Å². The van der Waals surface area contributed by atoms with Crippen LogP contribution in [0.1, 0.15) is 34.2 Å². The minimum atomic E-state index is -3.86. The van der Waals surface area contributed by atoms with Crippen molar-refractivity contribution in [2.24, 2.45) is 5.92 Å². The van der Waals surface area contributed by atoms with Crippen molar-refractivity contribution in [2.75, 3.05) is 11.3 Å². The van der Waals surface area contributed by atoms with Crippen molar-refractivity contribution in [1.82, 2.24) is 15.1 Å². The number of hydrogen-bond donors (Lipinski definition) is 2. The van der Waals surface area contributed by atoms with E-state index in [0.29, 0.717) is 24.3 Å². The molecular weight excluding hydrogens is 431 g/mol. The summed E-state index contributed by atoms with van der Waals surface area (Å²) in [5, 5.41) is 7.33. The van der Waals surface area contributed by atoms with Crippen molar-refractivity contribution >= 4 is 21.6 Å². The number of nitrogens with zero attached hydrogens (tertiary/aromatic N) is 2. The zero-order valence-electron chi connectivity index (χ0n) is 18.5. The van der Waals surface area contributed by atoms with Crippen LogP contribution in [0.2, 0.25) is 0 Å². The fourth-order valence-corrected chi connectivity index (χ4v) is 4.42. The number of carbonyl (C=O) groups is 1. The fourth-order valence-electron chi connectivity index (χ4n) is 3.28. The van der Waals surface area contributed by atoms with E-state index >= 15 is 0 Å². The Balaban J connectivity index is 1.58. The van der Waals surface area contributed by atoms with Gasteiger partial charge in [-0.25, -0.2) is 12.8 Å². The lowest BCUT2D eigenvalue weighted by Crippen LogP contribution is -2.30. The maximum absolute atomic E-state index is 13.4. The maximum Gasteiger partial charge on any atom is 0.261 e. The van der Waals surface area contributed by atoms with Gasteiger partial charge in [-0.2, -0.15) is 5.10 Å². The van der Waals surface area contributed by atoms with Crippen molar-refractivity contribution in [3.05, 3.63) is 76.9 Å². The zero-order chi connectivity index (χ0) is 23.5. The summed E-state index contributed by atoms with van der Waals surface area (Å²) in [4.78, 5) is 12.4. The smallest absolute Gasteiger partial charge is 0.261 e. The van der Waals surface area contributed by atoms with E-state index < -0.39 is 15.8 Å². The summed E-state index contributed by atoms with van der Waals surface area (Å²) < 4.78 is 42.8. The first-order chi connectivity index (χ1) is 15.0. The van der Waals surface area contributed by atoms with Gasteiger partial charge in [0.25, 0.3) is 15.9 Å². The van der Waals surface area contributed by atoms with Crippen LogP contribution in [0.4, 0.5) is 10.1 Å². The van der Waals surface area contributed by atoms with Crippen molar-refractivity contribution < 1.29 is 17.6 Å². The lowest BCUT2D eigenvalue weighted by atomic mass is 10.1. The van der Waals surface area contributed by atoms with E-state index in [9.17, 15) is 17.6 Å². The molecule has 2 aromatic carbocycles. The van der Waals surface area contributed by atoms with Crippen LogP contribution >= 0.6 is 0 Å². The molecule has 0 bridgehead atoms. The Labute approximate surface area is 187 Å². The molecule has 1 unspecified atom stereocenters. The van der Waals surface area contributed by atoms with E-state index in [2.05, 4.69) is 15.1 Å². The minimum Gasteiger partial charge on any atom is -0.352 e. The molecule has 0 saturated carbocycles. The van der Waals surface area contributed by atoms with E-state index in [4.69, 9.17) is 0 Å². The second kappa shape index (κ2) is 9.52. The predicted molar refractivity (Wildman–Crippen MR) is 122 cm³/mol. The largest absolute Gasteiger partial charge is 0.352 e. The molecule has 1 aromatic heterocycles. The van der Waals surface area contributed by atoms with Gasteiger partial charge in [0.15, 0.2) is 0 Å². The number of nitrogens with one attached hydrogen (secondary N) is 2. The van der Waals surface area contributed by atoms with E-state index in [0.717, 1.165) is 17.5 Å². The van der Waals surface area contributed by atoms with Crippen LogP contribution in [-0.4, -0.2) is 30.7 Å². The number of halogens is 1. The van der Waals surface area contributed by atoms with Crippen LogP contribution in [-0.2, 0) is 16.6 Å². The van der Waals surface area contributed by atoms with Crippen LogP contribution in [0.15, 0.2) is 53.4 Å². The van der Waals surface area contributed by atoms with Gasteiger partial charge < -0.3 is 5.32 Å². The number of carbonyl (C=O) groups excluding carboxylic acids is 1. The SMILES string of the molecule is Cc1cc(C)n(CC(C)CNC(=O)c2ccc(NS(=O)(=O)c3ccc(F)c(C)c3)cc2)n1. The Hall–Kier alpha value is -3.20. The normalized spacial score (nSPS) is 12.4. The molecule has 32 heavy (non-hydrogen) atoms. The zero-order valence-corrected chi connectivity index (χ0v) is 19.3. The minimum absolute atomic E-state index is 0.0326. The first-order valence-electron chi connectivity index (χ1n) is 10.2. The molecule has 3 rings (SSSR count). The molecule has 170 valence electrons. The topological polar surface area (TPSA) is 93.1 Å². The monoisotopic (exact) mass is 458 g/mol. The lowest BCUT2D eigenvalue weighted by molar-refractivity contribution is 0.0946. The summed E-state index contributed by atoms with van der Waals surface area (Å²) in [6.45, 7) is 8.66. The molecule has 7 nitrogen and oxygen atoms in total. The average Bonchev–Trinajstić information content (AvgIpc) is 3.05. The van der Waals surface area contributed by atoms with Gasteiger partial charge in [-0.3, -0.25) is 14.2 Å². The van der Waals surface area contributed by atoms with Gasteiger partial charge >= 0.3 is 0 Å². The van der Waals surface area contributed by atoms with Crippen LogP contribution in [0.25, 0.3) is 0 Å². The average molecular weight is 459 g/mol. The summed E-state index contributed by atoms with van der Waals surface area (Å²) in [6, 6.07) is 11.7. The van der Waals surface area contributed by atoms with Gasteiger partial charge in [0.05, 0.1) is 10.6 Å². The summed E-state index contributed by atoms with van der Waals surface area (Å²) in [5.41, 5.74) is 3.01. The lowest BCUT2D eigenvalue weighted by Gasteiger charge is -2.14. The highest BCUT2D eigenvalue weighted by Crippen LogP contribution is 2.19. The number of benzene rings is 2. The number of sulfonamides is 1. The molecule has 1 amide bonds. The molecule has 0 fully saturated rings. The fraction of sp³-hybridized carbons (Fsp3) is 0.304. The van der Waals surface area contributed by atoms with Gasteiger partial charge in [-0.15, -0.1) is 0 Å². The van der Waals surface area contributed by atoms with E-state index in [1.165, 1.54) is 31.2 Å². The molecule has 0 aliphatic carbocycles. The second-order valence-corrected chi connectivity index (χ2v) is 9.70. The van der Waals surface area contributed by atoms with Crippen LogP contribution in [0, 0.1) is 32.5 Å². The summed E-state index contributed by atoms with van der Waals surface area (Å²) >= 11 is 0. The number of amides is 1. The Bertz CT molecular complexity index is 1220. The van der Waals surface area contributed by atoms with E-state index in [1.54, 1.807) is 12.1 Å². The number of rotatable bonds is 8. The van der Waals surface area contributed by atoms with Gasteiger partial charge in [0, 0.05) is 30.0 Å². The Morgan fingerprint density at radius 1 is 1.09 bits per heavy atom. The Morgan fingerprint density at radius 3 is 2.38 bits per heavy atom. The first-order valence-corrected chi connectivity index (χ1v) is 11.7. The van der Waals surface area contributed by atoms with E-state index in [1.807, 2.05) is 31.5 Å². The molecule has 0 aliphatic heterocycles. The van der Waals surface area contributed by atoms with E-state index in [-0.39, 0.29) is 22.3 Å². The molecule has 0 saturated heterocycles. The molecule has 2 N–H and O–H groups in total. The van der Waals surface area contributed by atoms with Crippen molar-refractivity contribution in [3.8, 4) is 0 Å². The van der Waals surface area contributed by atoms with Crippen molar-refractivity contribution in [1.29, 1.82) is 0 Å². The highest BCUT2D eigenvalue weighted by molar-refractivity contribution is 7.92. The predicted octanol–water partition coefficient (Wildman–Crippen LogP) is 3.81. The van der Waals surface area contributed by atoms with Gasteiger partial charge in [0.1, 0.15) is 5.82 Å². The van der Waals surface area contributed by atoms with Gasteiger partial charge in [0.2, 0.25) is 0 Å². The molecule has 0 spiro atoms. The summed E-state index contributed by atoms with van der Waals surface area (Å²) in [5.74, 6) is -0.528. The summed E-state index contributed by atoms with van der Waals surface area (Å²) in [7, 11) is -3.86. The Morgan fingerprint density at radius 2 is 1.78 bits per heavy atom. The second-order valence-electron chi connectivity index (χ2n) is 8.02. The van der Waals surface area contributed by atoms with Gasteiger partial charge in [-0.1, -0.05) is 6.92 Å². The van der Waals surface area contributed by atoms with Crippen LogP contribution < -0.4 is 10.0 Å². The standard InChI is InChI=1S/C23H27FN4O3S/c1-15(14-28-18(4)12-17(3)26-28)13-25-23(29)19-5-7-20(8-6-19)27-32(30,31)21-9-10-22(24)16(2)11-21/h5-12,15,27H,13-14H2,1-4H3,(H,25,29). The van der Waals surface area contributed by atoms with Gasteiger partial charge in [-0.05, 0) is 80.8 Å². The number of hydrogen-bond acceptors (Lipinski definition) is 4. The van der Waals surface area contributed by atoms with Crippen LogP contribution in [0.3, 0.4) is 0 Å². The number of aromatic nitrogens is 2. The number of anilines is 1. The highest BCUT2D eigenvalue weighted by Gasteiger charge is 2.16. The first kappa shape index (κ1) is 23.5. The third-order valence-electron chi connectivity index (χ3n) is 5.04. The van der Waals surface area contributed by atoms with Crippen molar-refractivity contribution in [3.63, 3.8) is 0 Å². The highest BCUT2D eigenvalue weighted by atomic mass is 32.2. The third-order valence-corrected chi connectivity index (χ3v) is 6.42. The molecule has 1 atom stereocenters.